The second-order valence-electron chi connectivity index (χ2n) is 4.13. The molecule has 18 heavy (non-hydrogen) atoms. The molecule has 0 saturated carbocycles. The molecular weight excluding hydrogens is 228 g/mol. The number of hydrogen-bond donors (Lipinski definition) is 2. The van der Waals surface area contributed by atoms with Crippen LogP contribution >= 0.6 is 0 Å². The van der Waals surface area contributed by atoms with Gasteiger partial charge in [-0.15, -0.1) is 0 Å². The Morgan fingerprint density at radius 2 is 2.22 bits per heavy atom. The van der Waals surface area contributed by atoms with Crippen LogP contribution in [0.2, 0.25) is 0 Å². The molecule has 0 saturated heterocycles. The molecule has 0 aliphatic heterocycles. The fourth-order valence-corrected chi connectivity index (χ4v) is 1.94. The van der Waals surface area contributed by atoms with Crippen LogP contribution in [0, 0.1) is 0 Å². The van der Waals surface area contributed by atoms with Gasteiger partial charge in [0.15, 0.2) is 0 Å². The summed E-state index contributed by atoms with van der Waals surface area (Å²) in [5.74, 6) is 0. The van der Waals surface area contributed by atoms with E-state index in [0.29, 0.717) is 13.2 Å². The van der Waals surface area contributed by atoms with E-state index >= 15 is 0 Å². The zero-order chi connectivity index (χ0) is 12.8. The Bertz CT molecular complexity index is 497. The lowest BCUT2D eigenvalue weighted by molar-refractivity contribution is 0.162. The van der Waals surface area contributed by atoms with Crippen molar-refractivity contribution in [2.24, 2.45) is 0 Å². The number of ether oxygens (including phenoxy) is 1. The van der Waals surface area contributed by atoms with Crippen molar-refractivity contribution in [1.82, 2.24) is 10.3 Å². The van der Waals surface area contributed by atoms with Crippen LogP contribution in [0.3, 0.4) is 0 Å². The molecule has 0 aliphatic carbocycles. The van der Waals surface area contributed by atoms with Crippen molar-refractivity contribution in [3.05, 3.63) is 42.1 Å². The predicted molar refractivity (Wildman–Crippen MR) is 71.4 cm³/mol. The quantitative estimate of drug-likeness (QED) is 0.758. The minimum absolute atomic E-state index is 0.511. The number of benzene rings is 1. The van der Waals surface area contributed by atoms with Gasteiger partial charge in [-0.2, -0.15) is 0 Å². The van der Waals surface area contributed by atoms with E-state index in [-0.39, 0.29) is 0 Å². The van der Waals surface area contributed by atoms with Crippen LogP contribution < -0.4 is 5.32 Å². The van der Waals surface area contributed by atoms with E-state index in [1.807, 2.05) is 30.3 Å². The summed E-state index contributed by atoms with van der Waals surface area (Å²) in [5.41, 5.74) is 1.82. The molecule has 1 aromatic carbocycles. The normalized spacial score (nSPS) is 12.8. The van der Waals surface area contributed by atoms with E-state index in [4.69, 9.17) is 4.74 Å². The minimum atomic E-state index is -0.533. The second-order valence-corrected chi connectivity index (χ2v) is 4.13. The molecule has 0 radical (unpaired) electrons. The zero-order valence-electron chi connectivity index (χ0n) is 10.5. The van der Waals surface area contributed by atoms with Crippen molar-refractivity contribution in [3.63, 3.8) is 0 Å². The van der Waals surface area contributed by atoms with Gasteiger partial charge in [0, 0.05) is 31.8 Å². The highest BCUT2D eigenvalue weighted by molar-refractivity contribution is 5.82. The first kappa shape index (κ1) is 13.0. The highest BCUT2D eigenvalue weighted by atomic mass is 16.5. The third kappa shape index (κ3) is 3.04. The second kappa shape index (κ2) is 6.44. The molecule has 2 rings (SSSR count). The van der Waals surface area contributed by atoms with Crippen LogP contribution in [-0.2, 0) is 4.74 Å². The van der Waals surface area contributed by atoms with Crippen molar-refractivity contribution >= 4 is 10.9 Å². The van der Waals surface area contributed by atoms with Gasteiger partial charge >= 0.3 is 0 Å². The Morgan fingerprint density at radius 3 is 3.06 bits per heavy atom. The first-order valence-electron chi connectivity index (χ1n) is 6.04. The first-order valence-corrected chi connectivity index (χ1v) is 6.04. The molecule has 0 amide bonds. The van der Waals surface area contributed by atoms with Gasteiger partial charge in [-0.25, -0.2) is 0 Å². The average molecular weight is 246 g/mol. The fraction of sp³-hybridized carbons (Fsp3) is 0.357. The molecule has 96 valence electrons. The fourth-order valence-electron chi connectivity index (χ4n) is 1.94. The first-order chi connectivity index (χ1) is 8.83. The van der Waals surface area contributed by atoms with Gasteiger partial charge < -0.3 is 15.2 Å². The number of pyridine rings is 1. The Kier molecular flexibility index (Phi) is 4.64. The molecule has 1 heterocycles. The third-order valence-electron chi connectivity index (χ3n) is 2.86. The molecule has 4 heteroatoms. The molecule has 2 N–H and O–H groups in total. The van der Waals surface area contributed by atoms with Crippen LogP contribution in [0.15, 0.2) is 36.5 Å². The van der Waals surface area contributed by atoms with Gasteiger partial charge in [0.05, 0.1) is 18.2 Å². The zero-order valence-corrected chi connectivity index (χ0v) is 10.5. The largest absolute Gasteiger partial charge is 0.387 e. The summed E-state index contributed by atoms with van der Waals surface area (Å²) >= 11 is 0. The summed E-state index contributed by atoms with van der Waals surface area (Å²) in [6.45, 7) is 1.89. The minimum Gasteiger partial charge on any atom is -0.387 e. The Morgan fingerprint density at radius 1 is 1.33 bits per heavy atom. The number of nitrogens with zero attached hydrogens (tertiary/aromatic N) is 1. The Labute approximate surface area is 107 Å². The van der Waals surface area contributed by atoms with Crippen molar-refractivity contribution in [2.75, 3.05) is 26.8 Å². The summed E-state index contributed by atoms with van der Waals surface area (Å²) in [5, 5.41) is 14.3. The van der Waals surface area contributed by atoms with Crippen molar-refractivity contribution < 1.29 is 9.84 Å². The molecular formula is C14H18N2O2. The van der Waals surface area contributed by atoms with E-state index in [2.05, 4.69) is 10.3 Å². The number of nitrogens with one attached hydrogen (secondary N) is 1. The van der Waals surface area contributed by atoms with E-state index in [1.54, 1.807) is 13.3 Å². The van der Waals surface area contributed by atoms with E-state index in [0.717, 1.165) is 23.0 Å². The molecule has 1 aromatic heterocycles. The van der Waals surface area contributed by atoms with E-state index in [1.165, 1.54) is 0 Å². The van der Waals surface area contributed by atoms with Gasteiger partial charge in [-0.3, -0.25) is 4.98 Å². The predicted octanol–water partition coefficient (Wildman–Crippen LogP) is 1.50. The standard InChI is InChI=1S/C14H18N2O2/c1-18-9-8-15-10-14(17)12-4-2-6-13-11(12)5-3-7-16-13/h2-7,14-15,17H,8-10H2,1H3. The summed E-state index contributed by atoms with van der Waals surface area (Å²) < 4.78 is 4.95. The lowest BCUT2D eigenvalue weighted by atomic mass is 10.0. The van der Waals surface area contributed by atoms with Gasteiger partial charge in [-0.05, 0) is 17.7 Å². The average Bonchev–Trinajstić information content (AvgIpc) is 2.43. The van der Waals surface area contributed by atoms with Crippen LogP contribution in [0.4, 0.5) is 0 Å². The molecule has 1 unspecified atom stereocenters. The molecule has 4 nitrogen and oxygen atoms in total. The highest BCUT2D eigenvalue weighted by Gasteiger charge is 2.10. The van der Waals surface area contributed by atoms with Crippen molar-refractivity contribution in [3.8, 4) is 0 Å². The summed E-state index contributed by atoms with van der Waals surface area (Å²) in [4.78, 5) is 4.28. The van der Waals surface area contributed by atoms with Gasteiger partial charge in [0.2, 0.25) is 0 Å². The van der Waals surface area contributed by atoms with Gasteiger partial charge in [-0.1, -0.05) is 18.2 Å². The molecule has 1 atom stereocenters. The summed E-state index contributed by atoms with van der Waals surface area (Å²) in [6.07, 6.45) is 1.23. The van der Waals surface area contributed by atoms with Crippen molar-refractivity contribution in [1.29, 1.82) is 0 Å². The molecule has 2 aromatic rings. The number of aliphatic hydroxyl groups excluding tert-OH is 1. The number of methoxy groups -OCH3 is 1. The number of aromatic nitrogens is 1. The van der Waals surface area contributed by atoms with Crippen LogP contribution in [0.25, 0.3) is 10.9 Å². The summed E-state index contributed by atoms with van der Waals surface area (Å²) in [7, 11) is 1.66. The van der Waals surface area contributed by atoms with Crippen LogP contribution in [-0.4, -0.2) is 36.9 Å². The highest BCUT2D eigenvalue weighted by Crippen LogP contribution is 2.22. The van der Waals surface area contributed by atoms with Crippen molar-refractivity contribution in [2.45, 2.75) is 6.10 Å². The SMILES string of the molecule is COCCNCC(O)c1cccc2ncccc12. The van der Waals surface area contributed by atoms with E-state index in [9.17, 15) is 5.11 Å². The van der Waals surface area contributed by atoms with Crippen LogP contribution in [0.5, 0.6) is 0 Å². The number of fused-ring (bicyclic) bond motifs is 1. The Hall–Kier alpha value is -1.49. The molecule has 0 spiro atoms. The number of aliphatic hydroxyl groups is 1. The maximum atomic E-state index is 10.2. The number of rotatable bonds is 6. The lowest BCUT2D eigenvalue weighted by Gasteiger charge is -2.14. The third-order valence-corrected chi connectivity index (χ3v) is 2.86. The smallest absolute Gasteiger partial charge is 0.0920 e. The molecule has 0 aliphatic rings. The topological polar surface area (TPSA) is 54.4 Å². The monoisotopic (exact) mass is 246 g/mol. The maximum Gasteiger partial charge on any atom is 0.0920 e. The Balaban J connectivity index is 2.10. The summed E-state index contributed by atoms with van der Waals surface area (Å²) in [6, 6.07) is 9.67. The molecule has 0 fully saturated rings. The lowest BCUT2D eigenvalue weighted by Crippen LogP contribution is -2.25. The van der Waals surface area contributed by atoms with Gasteiger partial charge in [0.1, 0.15) is 0 Å². The van der Waals surface area contributed by atoms with Crippen LogP contribution in [0.1, 0.15) is 11.7 Å². The van der Waals surface area contributed by atoms with Gasteiger partial charge in [0.25, 0.3) is 0 Å². The number of hydrogen-bond acceptors (Lipinski definition) is 4. The molecule has 0 bridgehead atoms. The maximum absolute atomic E-state index is 10.2. The van der Waals surface area contributed by atoms with E-state index < -0.39 is 6.10 Å².